The van der Waals surface area contributed by atoms with E-state index >= 15 is 0 Å². The number of amidine groups is 1. The van der Waals surface area contributed by atoms with Gasteiger partial charge in [0.1, 0.15) is 5.84 Å². The van der Waals surface area contributed by atoms with E-state index in [0.29, 0.717) is 0 Å². The van der Waals surface area contributed by atoms with Crippen molar-refractivity contribution in [3.05, 3.63) is 35.4 Å². The number of hydrogen-bond donors (Lipinski definition) is 2. The molecule has 0 unspecified atom stereocenters. The Morgan fingerprint density at radius 2 is 2.06 bits per heavy atom. The van der Waals surface area contributed by atoms with Gasteiger partial charge < -0.3 is 5.73 Å². The molecule has 0 amide bonds. The van der Waals surface area contributed by atoms with Gasteiger partial charge in [0.15, 0.2) is 0 Å². The number of benzene rings is 1. The van der Waals surface area contributed by atoms with Crippen LogP contribution in [-0.4, -0.2) is 23.3 Å². The van der Waals surface area contributed by atoms with Crippen LogP contribution in [0.4, 0.5) is 0 Å². The SMILES string of the molecule is CCC(C)(C)N(C)Cc1cccc(C(=N)N)c1. The highest BCUT2D eigenvalue weighted by Gasteiger charge is 2.20. The predicted octanol–water partition coefficient (Wildman–Crippen LogP) is 2.59. The summed E-state index contributed by atoms with van der Waals surface area (Å²) < 4.78 is 0. The standard InChI is InChI=1S/C14H23N3/c1-5-14(2,3)17(4)10-11-7-6-8-12(9-11)13(15)16/h6-9H,5,10H2,1-4H3,(H3,15,16). The molecule has 0 atom stereocenters. The van der Waals surface area contributed by atoms with Gasteiger partial charge in [-0.25, -0.2) is 0 Å². The predicted molar refractivity (Wildman–Crippen MR) is 73.3 cm³/mol. The molecule has 0 aromatic heterocycles. The Morgan fingerprint density at radius 3 is 2.59 bits per heavy atom. The van der Waals surface area contributed by atoms with E-state index in [0.717, 1.165) is 18.5 Å². The Kier molecular flexibility index (Phi) is 4.29. The number of rotatable bonds is 5. The molecule has 0 aliphatic carbocycles. The van der Waals surface area contributed by atoms with Gasteiger partial charge in [-0.05, 0) is 38.9 Å². The molecule has 3 nitrogen and oxygen atoms in total. The third-order valence-electron chi connectivity index (χ3n) is 3.56. The molecule has 0 saturated heterocycles. The highest BCUT2D eigenvalue weighted by atomic mass is 15.2. The van der Waals surface area contributed by atoms with Crippen LogP contribution >= 0.6 is 0 Å². The van der Waals surface area contributed by atoms with E-state index in [4.69, 9.17) is 11.1 Å². The molecule has 94 valence electrons. The van der Waals surface area contributed by atoms with Gasteiger partial charge in [0.2, 0.25) is 0 Å². The summed E-state index contributed by atoms with van der Waals surface area (Å²) in [6, 6.07) is 7.90. The molecular weight excluding hydrogens is 210 g/mol. The monoisotopic (exact) mass is 233 g/mol. The molecule has 0 aliphatic rings. The summed E-state index contributed by atoms with van der Waals surface area (Å²) in [6.45, 7) is 7.55. The van der Waals surface area contributed by atoms with Crippen molar-refractivity contribution >= 4 is 5.84 Å². The first kappa shape index (κ1) is 13.7. The molecule has 1 aromatic rings. The fraction of sp³-hybridized carbons (Fsp3) is 0.500. The highest BCUT2D eigenvalue weighted by Crippen LogP contribution is 2.19. The van der Waals surface area contributed by atoms with Crippen molar-refractivity contribution in [2.24, 2.45) is 5.73 Å². The third-order valence-corrected chi connectivity index (χ3v) is 3.56. The number of hydrogen-bond acceptors (Lipinski definition) is 2. The van der Waals surface area contributed by atoms with E-state index in [9.17, 15) is 0 Å². The van der Waals surface area contributed by atoms with Crippen molar-refractivity contribution in [2.45, 2.75) is 39.3 Å². The van der Waals surface area contributed by atoms with Crippen LogP contribution in [-0.2, 0) is 6.54 Å². The summed E-state index contributed by atoms with van der Waals surface area (Å²) in [5.41, 5.74) is 7.67. The van der Waals surface area contributed by atoms with Gasteiger partial charge in [-0.2, -0.15) is 0 Å². The molecule has 1 aromatic carbocycles. The summed E-state index contributed by atoms with van der Waals surface area (Å²) >= 11 is 0. The van der Waals surface area contributed by atoms with Crippen LogP contribution in [0.1, 0.15) is 38.3 Å². The first-order valence-electron chi connectivity index (χ1n) is 6.01. The quantitative estimate of drug-likeness (QED) is 0.606. The largest absolute Gasteiger partial charge is 0.384 e. The molecule has 0 aliphatic heterocycles. The summed E-state index contributed by atoms with van der Waals surface area (Å²) in [6.07, 6.45) is 1.11. The zero-order valence-corrected chi connectivity index (χ0v) is 11.2. The smallest absolute Gasteiger partial charge is 0.122 e. The molecule has 0 bridgehead atoms. The molecule has 0 heterocycles. The molecule has 1 rings (SSSR count). The molecular formula is C14H23N3. The van der Waals surface area contributed by atoms with Gasteiger partial charge >= 0.3 is 0 Å². The fourth-order valence-corrected chi connectivity index (χ4v) is 1.60. The Bertz CT molecular complexity index is 396. The third kappa shape index (κ3) is 3.56. The zero-order valence-electron chi connectivity index (χ0n) is 11.2. The van der Waals surface area contributed by atoms with Crippen LogP contribution in [0.15, 0.2) is 24.3 Å². The van der Waals surface area contributed by atoms with Crippen molar-refractivity contribution in [3.63, 3.8) is 0 Å². The Morgan fingerprint density at radius 1 is 1.41 bits per heavy atom. The second-order valence-corrected chi connectivity index (χ2v) is 5.14. The van der Waals surface area contributed by atoms with E-state index < -0.39 is 0 Å². The van der Waals surface area contributed by atoms with Crippen LogP contribution in [0.3, 0.4) is 0 Å². The summed E-state index contributed by atoms with van der Waals surface area (Å²) in [4.78, 5) is 2.33. The van der Waals surface area contributed by atoms with Crippen LogP contribution in [0.5, 0.6) is 0 Å². The molecule has 0 fully saturated rings. The maximum Gasteiger partial charge on any atom is 0.122 e. The van der Waals surface area contributed by atoms with Crippen LogP contribution in [0, 0.1) is 5.41 Å². The summed E-state index contributed by atoms with van der Waals surface area (Å²) in [5, 5.41) is 7.44. The Labute approximate surface area is 104 Å². The number of nitrogens with zero attached hydrogens (tertiary/aromatic N) is 1. The number of nitrogens with one attached hydrogen (secondary N) is 1. The second kappa shape index (κ2) is 5.32. The zero-order chi connectivity index (χ0) is 13.1. The van der Waals surface area contributed by atoms with Gasteiger partial charge in [-0.15, -0.1) is 0 Å². The van der Waals surface area contributed by atoms with Crippen LogP contribution < -0.4 is 5.73 Å². The Hall–Kier alpha value is -1.35. The number of nitrogens with two attached hydrogens (primary N) is 1. The first-order valence-corrected chi connectivity index (χ1v) is 6.01. The lowest BCUT2D eigenvalue weighted by Crippen LogP contribution is -2.39. The van der Waals surface area contributed by atoms with Crippen molar-refractivity contribution in [2.75, 3.05) is 7.05 Å². The maximum atomic E-state index is 7.44. The molecule has 0 saturated carbocycles. The Balaban J connectivity index is 2.82. The lowest BCUT2D eigenvalue weighted by molar-refractivity contribution is 0.143. The van der Waals surface area contributed by atoms with Gasteiger partial charge in [0.05, 0.1) is 0 Å². The van der Waals surface area contributed by atoms with Gasteiger partial charge in [0, 0.05) is 17.6 Å². The first-order chi connectivity index (χ1) is 7.86. The average molecular weight is 233 g/mol. The van der Waals surface area contributed by atoms with Crippen molar-refractivity contribution in [1.82, 2.24) is 4.90 Å². The minimum absolute atomic E-state index is 0.129. The van der Waals surface area contributed by atoms with E-state index in [1.54, 1.807) is 0 Å². The van der Waals surface area contributed by atoms with Crippen molar-refractivity contribution in [3.8, 4) is 0 Å². The summed E-state index contributed by atoms with van der Waals surface area (Å²) in [5.74, 6) is 0.129. The van der Waals surface area contributed by atoms with Gasteiger partial charge in [-0.3, -0.25) is 10.3 Å². The minimum atomic E-state index is 0.129. The van der Waals surface area contributed by atoms with E-state index in [-0.39, 0.29) is 11.4 Å². The van der Waals surface area contributed by atoms with Crippen LogP contribution in [0.2, 0.25) is 0 Å². The van der Waals surface area contributed by atoms with Crippen LogP contribution in [0.25, 0.3) is 0 Å². The number of nitrogen functional groups attached to an aromatic ring is 1. The molecule has 3 heteroatoms. The normalized spacial score (nSPS) is 11.8. The fourth-order valence-electron chi connectivity index (χ4n) is 1.60. The molecule has 0 spiro atoms. The van der Waals surface area contributed by atoms with Crippen molar-refractivity contribution in [1.29, 1.82) is 5.41 Å². The highest BCUT2D eigenvalue weighted by molar-refractivity contribution is 5.95. The lowest BCUT2D eigenvalue weighted by atomic mass is 9.99. The molecule has 3 N–H and O–H groups in total. The molecule has 0 radical (unpaired) electrons. The lowest BCUT2D eigenvalue weighted by Gasteiger charge is -2.34. The van der Waals surface area contributed by atoms with E-state index in [2.05, 4.69) is 38.8 Å². The van der Waals surface area contributed by atoms with E-state index in [1.165, 1.54) is 5.56 Å². The van der Waals surface area contributed by atoms with Gasteiger partial charge in [0.25, 0.3) is 0 Å². The maximum absolute atomic E-state index is 7.44. The second-order valence-electron chi connectivity index (χ2n) is 5.14. The summed E-state index contributed by atoms with van der Waals surface area (Å²) in [7, 11) is 2.13. The van der Waals surface area contributed by atoms with E-state index in [1.807, 2.05) is 18.2 Å². The average Bonchev–Trinajstić information content (AvgIpc) is 2.29. The molecule has 17 heavy (non-hydrogen) atoms. The topological polar surface area (TPSA) is 53.1 Å². The van der Waals surface area contributed by atoms with Gasteiger partial charge in [-0.1, -0.05) is 25.1 Å². The minimum Gasteiger partial charge on any atom is -0.384 e. The van der Waals surface area contributed by atoms with Crippen molar-refractivity contribution < 1.29 is 0 Å².